The first-order valence-corrected chi connectivity index (χ1v) is 45.8. The van der Waals surface area contributed by atoms with Gasteiger partial charge in [0.2, 0.25) is 0 Å². The summed E-state index contributed by atoms with van der Waals surface area (Å²) in [7, 11) is 0. The lowest BCUT2D eigenvalue weighted by Gasteiger charge is -2.23. The number of rotatable bonds is 10. The van der Waals surface area contributed by atoms with Crippen molar-refractivity contribution in [1.29, 1.82) is 0 Å². The Morgan fingerprint density at radius 1 is 0.182 bits per heavy atom. The maximum Gasteiger partial charge on any atom is 0.143 e. The number of hydrogen-bond acceptors (Lipinski definition) is 2. The normalized spacial score (nSPS) is 13.1. The van der Waals surface area contributed by atoms with Crippen LogP contribution in [0.3, 0.4) is 0 Å². The van der Waals surface area contributed by atoms with Crippen LogP contribution in [0.4, 0.5) is 0 Å². The van der Waals surface area contributed by atoms with Gasteiger partial charge in [0.15, 0.2) is 0 Å². The maximum absolute atomic E-state index is 6.64. The van der Waals surface area contributed by atoms with Gasteiger partial charge in [0.05, 0.1) is 44.1 Å². The molecule has 0 N–H and O–H groups in total. The molecule has 20 aromatic carbocycles. The summed E-state index contributed by atoms with van der Waals surface area (Å²) in [5, 5.41) is 14.7. The average molecular weight is 1690 g/mol. The first kappa shape index (κ1) is 75.4. The third-order valence-corrected chi connectivity index (χ3v) is 29.0. The molecule has 6 heterocycles. The smallest absolute Gasteiger partial charge is 0.143 e. The van der Waals surface area contributed by atoms with Crippen molar-refractivity contribution >= 4 is 131 Å². The van der Waals surface area contributed by atoms with E-state index in [0.29, 0.717) is 0 Å². The van der Waals surface area contributed by atoms with Gasteiger partial charge in [0, 0.05) is 104 Å². The van der Waals surface area contributed by atoms with E-state index in [1.165, 1.54) is 215 Å². The zero-order valence-corrected chi connectivity index (χ0v) is 73.2. The zero-order valence-electron chi connectivity index (χ0n) is 73.2. The number of nitrogens with zero attached hydrogens (tertiary/aromatic N) is 4. The molecule has 0 aliphatic heterocycles. The van der Waals surface area contributed by atoms with Gasteiger partial charge < -0.3 is 27.1 Å². The fourth-order valence-electron chi connectivity index (χ4n) is 22.8. The molecule has 0 radical (unpaired) electrons. The Morgan fingerprint density at radius 3 is 1.01 bits per heavy atom. The highest BCUT2D eigenvalue weighted by Gasteiger charge is 2.41. The summed E-state index contributed by atoms with van der Waals surface area (Å²) in [5.41, 5.74) is 42.1. The van der Waals surface area contributed by atoms with E-state index in [9.17, 15) is 0 Å². The first-order valence-electron chi connectivity index (χ1n) is 45.8. The second-order valence-electron chi connectivity index (χ2n) is 37.0. The van der Waals surface area contributed by atoms with Crippen LogP contribution in [-0.4, -0.2) is 18.3 Å². The van der Waals surface area contributed by atoms with Crippen LogP contribution in [0, 0.1) is 0 Å². The summed E-state index contributed by atoms with van der Waals surface area (Å²) >= 11 is 0. The van der Waals surface area contributed by atoms with Gasteiger partial charge in [-0.2, -0.15) is 0 Å². The average Bonchev–Trinajstić information content (AvgIpc) is 1.53. The van der Waals surface area contributed by atoms with E-state index in [1.54, 1.807) is 0 Å². The third-order valence-electron chi connectivity index (χ3n) is 29.0. The van der Waals surface area contributed by atoms with Gasteiger partial charge in [-0.3, -0.25) is 0 Å². The lowest BCUT2D eigenvalue weighted by molar-refractivity contribution is 0.653. The number of aromatic nitrogens is 4. The fraction of sp³-hybridized carbons (Fsp3) is 0.0476. The van der Waals surface area contributed by atoms with Crippen molar-refractivity contribution in [2.75, 3.05) is 0 Å². The Kier molecular flexibility index (Phi) is 16.5. The summed E-state index contributed by atoms with van der Waals surface area (Å²) in [6, 6.07) is 160. The fourth-order valence-corrected chi connectivity index (χ4v) is 22.8. The third kappa shape index (κ3) is 11.4. The SMILES string of the molecule is CC1(C)c2cc(-n3c4ccccc4c4ccc(-c5ccc6c(c5)c5ccccc5n6-c5cc(-c6ccccc6)cc(-c6ccccc6)c5)cc43)ccc2-c2ccc3oc4ccccc4c3c21.CC1(C)c2cc(-n3c4ccccc4c4ccc(-c5ccc6c7ccccc7n(-c7cc(-c8ccccc8)cc(-c8ccccc8)c7)c6c5)cc43)ccc2-c2c1ccc1c2oc2ccccc21. The Hall–Kier alpha value is -16.8. The van der Waals surface area contributed by atoms with Crippen molar-refractivity contribution in [3.8, 4) is 112 Å². The highest BCUT2D eigenvalue weighted by atomic mass is 16.3. The summed E-state index contributed by atoms with van der Waals surface area (Å²) < 4.78 is 22.9. The van der Waals surface area contributed by atoms with E-state index in [-0.39, 0.29) is 10.8 Å². The van der Waals surface area contributed by atoms with Crippen molar-refractivity contribution in [3.05, 3.63) is 459 Å². The molecule has 132 heavy (non-hydrogen) atoms. The van der Waals surface area contributed by atoms with Crippen molar-refractivity contribution in [2.24, 2.45) is 0 Å². The van der Waals surface area contributed by atoms with Crippen molar-refractivity contribution in [3.63, 3.8) is 0 Å². The van der Waals surface area contributed by atoms with E-state index in [0.717, 1.165) is 50.5 Å². The molecule has 0 saturated heterocycles. The van der Waals surface area contributed by atoms with Gasteiger partial charge in [-0.1, -0.05) is 331 Å². The molecule has 2 aliphatic carbocycles. The predicted octanol–water partition coefficient (Wildman–Crippen LogP) is 34.2. The monoisotopic (exact) mass is 1680 g/mol. The molecule has 6 heteroatoms. The van der Waals surface area contributed by atoms with Crippen molar-refractivity contribution < 1.29 is 8.83 Å². The highest BCUT2D eigenvalue weighted by Crippen LogP contribution is 2.57. The molecule has 0 unspecified atom stereocenters. The van der Waals surface area contributed by atoms with Crippen LogP contribution in [0.2, 0.25) is 0 Å². The standard InChI is InChI=1S/2C63H42N2O/c1-63(2)54-38-45(27-29-47(54)51-30-32-60-61(62(51)63)52-21-11-14-24-59(52)66-60)64-55-22-12-9-19-48(55)50-28-25-42(37-58(50)64)41-26-31-57-53(36-41)49-20-10-13-23-56(49)65(57)46-34-43(39-15-5-3-6-16-39)33-44(35-46)40-17-7-4-8-18-40;1-63(2)54-32-31-52-51-21-11-14-24-60(51)66-62(52)61(54)53-30-27-45(38-55(53)63)64-56-22-12-9-19-47(56)49-28-25-41(36-58(49)64)42-26-29-50-48-20-10-13-23-57(48)65(59(50)37-42)46-34-43(39-15-5-3-6-16-39)33-44(35-46)40-17-7-4-8-18-40/h2*3-38H,1-2H3. The van der Waals surface area contributed by atoms with Gasteiger partial charge in [0.25, 0.3) is 0 Å². The Bertz CT molecular complexity index is 9210. The lowest BCUT2D eigenvalue weighted by Crippen LogP contribution is -2.15. The number of furan rings is 2. The van der Waals surface area contributed by atoms with Gasteiger partial charge in [0.1, 0.15) is 22.3 Å². The van der Waals surface area contributed by atoms with E-state index in [1.807, 2.05) is 0 Å². The molecule has 0 amide bonds. The predicted molar refractivity (Wildman–Crippen MR) is 553 cm³/mol. The van der Waals surface area contributed by atoms with Crippen molar-refractivity contribution in [2.45, 2.75) is 38.5 Å². The highest BCUT2D eigenvalue weighted by molar-refractivity contribution is 6.18. The number of para-hydroxylation sites is 6. The molecule has 0 atom stereocenters. The molecule has 0 fully saturated rings. The summed E-state index contributed by atoms with van der Waals surface area (Å²) in [6.07, 6.45) is 0. The molecule has 6 nitrogen and oxygen atoms in total. The van der Waals surface area contributed by atoms with E-state index in [4.69, 9.17) is 8.83 Å². The topological polar surface area (TPSA) is 46.0 Å². The number of fused-ring (bicyclic) bond motifs is 26. The molecule has 0 saturated carbocycles. The van der Waals surface area contributed by atoms with Gasteiger partial charge >= 0.3 is 0 Å². The molecule has 26 aromatic rings. The van der Waals surface area contributed by atoms with Crippen LogP contribution in [0.15, 0.2) is 446 Å². The van der Waals surface area contributed by atoms with Gasteiger partial charge in [-0.25, -0.2) is 0 Å². The van der Waals surface area contributed by atoms with Crippen LogP contribution in [0.5, 0.6) is 0 Å². The summed E-state index contributed by atoms with van der Waals surface area (Å²) in [4.78, 5) is 0. The molecular weight excluding hydrogens is 1600 g/mol. The quantitative estimate of drug-likeness (QED) is 0.137. The number of hydrogen-bond donors (Lipinski definition) is 0. The van der Waals surface area contributed by atoms with Crippen LogP contribution >= 0.6 is 0 Å². The van der Waals surface area contributed by atoms with Gasteiger partial charge in [-0.05, 0) is 239 Å². The van der Waals surface area contributed by atoms with Crippen LogP contribution in [0.25, 0.3) is 243 Å². The molecule has 28 rings (SSSR count). The Morgan fingerprint density at radius 2 is 0.530 bits per heavy atom. The van der Waals surface area contributed by atoms with E-state index in [2.05, 4.69) is 483 Å². The molecule has 0 spiro atoms. The minimum Gasteiger partial charge on any atom is -0.456 e. The lowest BCUT2D eigenvalue weighted by atomic mass is 9.80. The maximum atomic E-state index is 6.64. The molecule has 2 aliphatic rings. The van der Waals surface area contributed by atoms with E-state index < -0.39 is 0 Å². The Labute approximate surface area is 762 Å². The van der Waals surface area contributed by atoms with Gasteiger partial charge in [-0.15, -0.1) is 0 Å². The Balaban J connectivity index is 0.000000135. The largest absolute Gasteiger partial charge is 0.456 e. The first-order chi connectivity index (χ1) is 64.9. The zero-order chi connectivity index (χ0) is 87.3. The van der Waals surface area contributed by atoms with Crippen molar-refractivity contribution in [1.82, 2.24) is 18.3 Å². The van der Waals surface area contributed by atoms with Crippen LogP contribution in [-0.2, 0) is 10.8 Å². The molecular formula is C126H84N4O2. The van der Waals surface area contributed by atoms with Crippen LogP contribution < -0.4 is 0 Å². The summed E-state index contributed by atoms with van der Waals surface area (Å²) in [5.74, 6) is 0. The molecule has 0 bridgehead atoms. The van der Waals surface area contributed by atoms with Crippen LogP contribution in [0.1, 0.15) is 49.9 Å². The second kappa shape index (κ2) is 28.9. The second-order valence-corrected chi connectivity index (χ2v) is 37.0. The minimum atomic E-state index is -0.239. The molecule has 620 valence electrons. The minimum absolute atomic E-state index is 0.214. The number of benzene rings is 20. The molecule has 6 aromatic heterocycles. The van der Waals surface area contributed by atoms with E-state index >= 15 is 0 Å². The summed E-state index contributed by atoms with van der Waals surface area (Å²) in [6.45, 7) is 9.47.